The van der Waals surface area contributed by atoms with Crippen LogP contribution in [0.5, 0.6) is 5.88 Å². The lowest BCUT2D eigenvalue weighted by molar-refractivity contribution is -0.138. The summed E-state index contributed by atoms with van der Waals surface area (Å²) in [5, 5.41) is 3.21. The van der Waals surface area contributed by atoms with Gasteiger partial charge in [-0.1, -0.05) is 6.07 Å². The maximum atomic E-state index is 12.6. The van der Waals surface area contributed by atoms with Gasteiger partial charge in [-0.3, -0.25) is 4.90 Å². The van der Waals surface area contributed by atoms with Gasteiger partial charge in [0.2, 0.25) is 5.88 Å². The molecule has 0 spiro atoms. The second kappa shape index (κ2) is 10.2. The number of nitrogens with zero attached hydrogens (tertiary/aromatic N) is 2. The van der Waals surface area contributed by atoms with Crippen molar-refractivity contribution >= 4 is 24.8 Å². The van der Waals surface area contributed by atoms with Crippen LogP contribution in [0.25, 0.3) is 0 Å². The lowest BCUT2D eigenvalue weighted by atomic mass is 10.0. The molecule has 0 saturated carbocycles. The zero-order chi connectivity index (χ0) is 15.3. The van der Waals surface area contributed by atoms with E-state index in [9.17, 15) is 13.2 Å². The molecule has 4 nitrogen and oxygen atoms in total. The number of methoxy groups -OCH3 is 1. The van der Waals surface area contributed by atoms with Crippen LogP contribution >= 0.6 is 24.8 Å². The van der Waals surface area contributed by atoms with Crippen LogP contribution in [0.3, 0.4) is 0 Å². The normalized spacial score (nSPS) is 16.9. The van der Waals surface area contributed by atoms with Crippen molar-refractivity contribution in [3.63, 3.8) is 0 Å². The lowest BCUT2D eigenvalue weighted by Crippen LogP contribution is -2.45. The van der Waals surface area contributed by atoms with Crippen molar-refractivity contribution in [3.05, 3.63) is 23.9 Å². The molecule has 1 aliphatic rings. The number of alkyl halides is 3. The third kappa shape index (κ3) is 7.12. The zero-order valence-corrected chi connectivity index (χ0v) is 14.4. The van der Waals surface area contributed by atoms with E-state index in [1.165, 1.54) is 7.11 Å². The van der Waals surface area contributed by atoms with Crippen LogP contribution < -0.4 is 10.1 Å². The third-order valence-corrected chi connectivity index (χ3v) is 3.65. The largest absolute Gasteiger partial charge is 0.481 e. The van der Waals surface area contributed by atoms with Gasteiger partial charge in [0.15, 0.2) is 0 Å². The minimum Gasteiger partial charge on any atom is -0.481 e. The van der Waals surface area contributed by atoms with Gasteiger partial charge in [0.25, 0.3) is 0 Å². The van der Waals surface area contributed by atoms with Crippen molar-refractivity contribution in [2.45, 2.75) is 25.1 Å². The highest BCUT2D eigenvalue weighted by molar-refractivity contribution is 5.85. The van der Waals surface area contributed by atoms with E-state index in [-0.39, 0.29) is 37.3 Å². The van der Waals surface area contributed by atoms with Crippen molar-refractivity contribution < 1.29 is 17.9 Å². The van der Waals surface area contributed by atoms with Crippen LogP contribution in [0.15, 0.2) is 18.3 Å². The maximum absolute atomic E-state index is 12.6. The molecular weight excluding hydrogens is 354 g/mol. The molecule has 134 valence electrons. The average molecular weight is 376 g/mol. The number of ether oxygens (including phenoxy) is 1. The van der Waals surface area contributed by atoms with Gasteiger partial charge in [0.05, 0.1) is 7.11 Å². The number of hydrogen-bond donors (Lipinski definition) is 1. The summed E-state index contributed by atoms with van der Waals surface area (Å²) < 4.78 is 42.6. The second-order valence-electron chi connectivity index (χ2n) is 5.09. The van der Waals surface area contributed by atoms with Gasteiger partial charge in [-0.15, -0.1) is 24.8 Å². The number of nitrogens with one attached hydrogen (secondary N) is 1. The smallest absolute Gasteiger partial charge is 0.389 e. The highest BCUT2D eigenvalue weighted by Gasteiger charge is 2.31. The minimum absolute atomic E-state index is 0. The maximum Gasteiger partial charge on any atom is 0.389 e. The number of piperazine rings is 1. The summed E-state index contributed by atoms with van der Waals surface area (Å²) >= 11 is 0. The average Bonchev–Trinajstić information content (AvgIpc) is 2.48. The molecule has 0 radical (unpaired) electrons. The Morgan fingerprint density at radius 1 is 1.26 bits per heavy atom. The summed E-state index contributed by atoms with van der Waals surface area (Å²) in [7, 11) is 1.51. The summed E-state index contributed by atoms with van der Waals surface area (Å²) in [5.41, 5.74) is 0.807. The van der Waals surface area contributed by atoms with Gasteiger partial charge in [-0.2, -0.15) is 13.2 Å². The Labute approximate surface area is 146 Å². The Kier molecular flexibility index (Phi) is 9.84. The van der Waals surface area contributed by atoms with Gasteiger partial charge in [0.1, 0.15) is 0 Å². The van der Waals surface area contributed by atoms with E-state index in [1.54, 1.807) is 18.3 Å². The topological polar surface area (TPSA) is 37.4 Å². The van der Waals surface area contributed by atoms with Crippen LogP contribution in [0.4, 0.5) is 13.2 Å². The predicted molar refractivity (Wildman–Crippen MR) is 87.8 cm³/mol. The molecule has 23 heavy (non-hydrogen) atoms. The fourth-order valence-corrected chi connectivity index (χ4v) is 2.56. The van der Waals surface area contributed by atoms with E-state index in [1.807, 2.05) is 0 Å². The number of rotatable bonds is 5. The first-order valence-corrected chi connectivity index (χ1v) is 7.01. The molecule has 1 fully saturated rings. The van der Waals surface area contributed by atoms with Crippen molar-refractivity contribution in [1.29, 1.82) is 0 Å². The summed E-state index contributed by atoms with van der Waals surface area (Å²) in [6, 6.07) is 3.24. The van der Waals surface area contributed by atoms with Crippen LogP contribution in [0, 0.1) is 0 Å². The quantitative estimate of drug-likeness (QED) is 0.857. The predicted octanol–water partition coefficient (Wildman–Crippen LogP) is 3.22. The van der Waals surface area contributed by atoms with Gasteiger partial charge in [-0.05, 0) is 12.0 Å². The Morgan fingerprint density at radius 3 is 2.39 bits per heavy atom. The van der Waals surface area contributed by atoms with E-state index < -0.39 is 12.6 Å². The molecule has 9 heteroatoms. The van der Waals surface area contributed by atoms with Gasteiger partial charge >= 0.3 is 6.18 Å². The summed E-state index contributed by atoms with van der Waals surface area (Å²) in [5.74, 6) is 0.466. The number of halogens is 5. The van der Waals surface area contributed by atoms with Crippen molar-refractivity contribution in [2.24, 2.45) is 0 Å². The molecule has 1 atom stereocenters. The molecule has 1 aromatic rings. The number of aromatic nitrogens is 1. The molecule has 0 bridgehead atoms. The van der Waals surface area contributed by atoms with E-state index in [0.717, 1.165) is 31.7 Å². The standard InChI is InChI=1S/C14H20F3N3O.2ClH/c1-21-13-3-2-11(10-19-13)12(4-5-14(15,16)17)20-8-6-18-7-9-20;;/h2-3,10,12,18H,4-9H2,1H3;2*1H/t12-;;/m1../s1. The molecule has 2 rings (SSSR count). The Morgan fingerprint density at radius 2 is 1.91 bits per heavy atom. The Bertz CT molecular complexity index is 440. The number of hydrogen-bond acceptors (Lipinski definition) is 4. The monoisotopic (exact) mass is 375 g/mol. The number of pyridine rings is 1. The van der Waals surface area contributed by atoms with E-state index >= 15 is 0 Å². The summed E-state index contributed by atoms with van der Waals surface area (Å²) in [4.78, 5) is 6.20. The molecule has 0 aliphatic carbocycles. The van der Waals surface area contributed by atoms with Crippen molar-refractivity contribution in [2.75, 3.05) is 33.3 Å². The molecule has 1 aromatic heterocycles. The fourth-order valence-electron chi connectivity index (χ4n) is 2.56. The van der Waals surface area contributed by atoms with E-state index in [4.69, 9.17) is 4.74 Å². The first-order valence-electron chi connectivity index (χ1n) is 7.01. The van der Waals surface area contributed by atoms with Gasteiger partial charge in [-0.25, -0.2) is 4.98 Å². The molecule has 2 heterocycles. The summed E-state index contributed by atoms with van der Waals surface area (Å²) in [6.07, 6.45) is -3.25. The highest BCUT2D eigenvalue weighted by atomic mass is 35.5. The fraction of sp³-hybridized carbons (Fsp3) is 0.643. The molecule has 0 aromatic carbocycles. The molecular formula is C14H22Cl2F3N3O. The molecule has 1 saturated heterocycles. The first kappa shape index (κ1) is 22.2. The lowest BCUT2D eigenvalue weighted by Gasteiger charge is -2.35. The molecule has 1 N–H and O–H groups in total. The van der Waals surface area contributed by atoms with E-state index in [0.29, 0.717) is 5.88 Å². The van der Waals surface area contributed by atoms with Crippen LogP contribution in [-0.2, 0) is 0 Å². The minimum atomic E-state index is -4.13. The van der Waals surface area contributed by atoms with Crippen LogP contribution in [0.2, 0.25) is 0 Å². The molecule has 0 amide bonds. The Balaban J connectivity index is 0.00000242. The van der Waals surface area contributed by atoms with E-state index in [2.05, 4.69) is 15.2 Å². The van der Waals surface area contributed by atoms with Crippen molar-refractivity contribution in [1.82, 2.24) is 15.2 Å². The highest BCUT2D eigenvalue weighted by Crippen LogP contribution is 2.31. The van der Waals surface area contributed by atoms with Crippen LogP contribution in [-0.4, -0.2) is 49.3 Å². The molecule has 1 aliphatic heterocycles. The van der Waals surface area contributed by atoms with Crippen molar-refractivity contribution in [3.8, 4) is 5.88 Å². The summed E-state index contributed by atoms with van der Waals surface area (Å²) in [6.45, 7) is 3.08. The van der Waals surface area contributed by atoms with Gasteiger partial charge < -0.3 is 10.1 Å². The van der Waals surface area contributed by atoms with Gasteiger partial charge in [0, 0.05) is 50.9 Å². The first-order chi connectivity index (χ1) is 9.99. The second-order valence-corrected chi connectivity index (χ2v) is 5.09. The third-order valence-electron chi connectivity index (χ3n) is 3.65. The van der Waals surface area contributed by atoms with Crippen LogP contribution in [0.1, 0.15) is 24.4 Å². The Hall–Kier alpha value is -0.760. The SMILES string of the molecule is COc1ccc([C@@H](CCC(F)(F)F)N2CCNCC2)cn1.Cl.Cl. The molecule has 0 unspecified atom stereocenters. The zero-order valence-electron chi connectivity index (χ0n) is 12.8.